The summed E-state index contributed by atoms with van der Waals surface area (Å²) >= 11 is 0. The van der Waals surface area contributed by atoms with Crippen molar-refractivity contribution >= 4 is 16.0 Å². The number of methoxy groups -OCH3 is 1. The summed E-state index contributed by atoms with van der Waals surface area (Å²) in [5, 5.41) is 4.87. The monoisotopic (exact) mass is 287 g/mol. The fourth-order valence-corrected chi connectivity index (χ4v) is 2.01. The molecule has 0 unspecified atom stereocenters. The van der Waals surface area contributed by atoms with Crippen molar-refractivity contribution in [1.29, 1.82) is 0 Å². The van der Waals surface area contributed by atoms with Gasteiger partial charge >= 0.3 is 5.97 Å². The number of unbranched alkanes of at least 4 members (excludes halogenated alkanes) is 1. The number of ether oxygens (including phenoxy) is 2. The van der Waals surface area contributed by atoms with E-state index >= 15 is 0 Å². The molecular formula is C12H17NO5S. The number of hydrogen-bond donors (Lipinski definition) is 1. The number of esters is 1. The van der Waals surface area contributed by atoms with Crippen molar-refractivity contribution in [2.24, 2.45) is 5.14 Å². The van der Waals surface area contributed by atoms with E-state index < -0.39 is 16.0 Å². The smallest absolute Gasteiger partial charge is 0.337 e. The molecule has 0 amide bonds. The Bertz CT molecular complexity index is 509. The SMILES string of the molecule is COC(=O)c1ccc(OCCCCS(N)(=O)=O)cc1. The van der Waals surface area contributed by atoms with Crippen LogP contribution in [0.5, 0.6) is 5.75 Å². The predicted octanol–water partition coefficient (Wildman–Crippen LogP) is 0.921. The Morgan fingerprint density at radius 1 is 1.21 bits per heavy atom. The van der Waals surface area contributed by atoms with Gasteiger partial charge in [-0.2, -0.15) is 0 Å². The van der Waals surface area contributed by atoms with Gasteiger partial charge in [-0.3, -0.25) is 0 Å². The summed E-state index contributed by atoms with van der Waals surface area (Å²) in [6.07, 6.45) is 1.05. The minimum Gasteiger partial charge on any atom is -0.494 e. The third-order valence-corrected chi connectivity index (χ3v) is 3.23. The number of rotatable bonds is 7. The van der Waals surface area contributed by atoms with Crippen molar-refractivity contribution in [3.8, 4) is 5.75 Å². The first kappa shape index (κ1) is 15.5. The first-order valence-corrected chi connectivity index (χ1v) is 7.45. The van der Waals surface area contributed by atoms with Crippen LogP contribution < -0.4 is 9.88 Å². The highest BCUT2D eigenvalue weighted by molar-refractivity contribution is 7.89. The Morgan fingerprint density at radius 3 is 2.37 bits per heavy atom. The Labute approximate surface area is 112 Å². The second kappa shape index (κ2) is 7.10. The Morgan fingerprint density at radius 2 is 1.84 bits per heavy atom. The van der Waals surface area contributed by atoms with Gasteiger partial charge in [0.05, 0.1) is 25.0 Å². The zero-order chi connectivity index (χ0) is 14.3. The average Bonchev–Trinajstić information content (AvgIpc) is 2.37. The van der Waals surface area contributed by atoms with E-state index in [0.717, 1.165) is 0 Å². The highest BCUT2D eigenvalue weighted by Gasteiger charge is 2.05. The molecule has 1 aromatic rings. The molecule has 19 heavy (non-hydrogen) atoms. The van der Waals surface area contributed by atoms with E-state index in [1.807, 2.05) is 0 Å². The van der Waals surface area contributed by atoms with Crippen LogP contribution in [0.3, 0.4) is 0 Å². The van der Waals surface area contributed by atoms with Gasteiger partial charge in [0, 0.05) is 0 Å². The minimum absolute atomic E-state index is 0.0440. The van der Waals surface area contributed by atoms with E-state index in [0.29, 0.717) is 30.8 Å². The van der Waals surface area contributed by atoms with Gasteiger partial charge in [-0.15, -0.1) is 0 Å². The first-order valence-electron chi connectivity index (χ1n) is 5.74. The molecular weight excluding hydrogens is 270 g/mol. The van der Waals surface area contributed by atoms with Gasteiger partial charge in [0.25, 0.3) is 0 Å². The number of carbonyl (C=O) groups excluding carboxylic acids is 1. The van der Waals surface area contributed by atoms with Crippen LogP contribution in [-0.2, 0) is 14.8 Å². The fraction of sp³-hybridized carbons (Fsp3) is 0.417. The molecule has 0 aliphatic carbocycles. The van der Waals surface area contributed by atoms with Gasteiger partial charge < -0.3 is 9.47 Å². The topological polar surface area (TPSA) is 95.7 Å². The average molecular weight is 287 g/mol. The van der Waals surface area contributed by atoms with E-state index in [9.17, 15) is 13.2 Å². The van der Waals surface area contributed by atoms with Crippen LogP contribution in [0.15, 0.2) is 24.3 Å². The van der Waals surface area contributed by atoms with Crippen LogP contribution >= 0.6 is 0 Å². The maximum absolute atomic E-state index is 11.2. The largest absolute Gasteiger partial charge is 0.494 e. The number of carbonyl (C=O) groups is 1. The molecule has 0 aromatic heterocycles. The quantitative estimate of drug-likeness (QED) is 0.594. The summed E-state index contributed by atoms with van der Waals surface area (Å²) in [6, 6.07) is 6.52. The van der Waals surface area contributed by atoms with Crippen LogP contribution in [0.1, 0.15) is 23.2 Å². The highest BCUT2D eigenvalue weighted by atomic mass is 32.2. The zero-order valence-electron chi connectivity index (χ0n) is 10.7. The molecule has 0 bridgehead atoms. The van der Waals surface area contributed by atoms with Gasteiger partial charge in [0.15, 0.2) is 0 Å². The standard InChI is InChI=1S/C12H17NO5S/c1-17-12(14)10-4-6-11(7-5-10)18-8-2-3-9-19(13,15)16/h4-7H,2-3,8-9H2,1H3,(H2,13,15,16). The highest BCUT2D eigenvalue weighted by Crippen LogP contribution is 2.13. The molecule has 0 fully saturated rings. The summed E-state index contributed by atoms with van der Waals surface area (Å²) in [4.78, 5) is 11.2. The van der Waals surface area contributed by atoms with Crippen LogP contribution in [0.2, 0.25) is 0 Å². The maximum atomic E-state index is 11.2. The van der Waals surface area contributed by atoms with Gasteiger partial charge in [0.1, 0.15) is 5.75 Å². The van der Waals surface area contributed by atoms with Gasteiger partial charge in [-0.1, -0.05) is 0 Å². The molecule has 1 rings (SSSR count). The zero-order valence-corrected chi connectivity index (χ0v) is 11.5. The van der Waals surface area contributed by atoms with Crippen molar-refractivity contribution in [1.82, 2.24) is 0 Å². The fourth-order valence-electron chi connectivity index (χ4n) is 1.40. The number of nitrogens with two attached hydrogens (primary N) is 1. The molecule has 0 aliphatic rings. The molecule has 106 valence electrons. The molecule has 0 aliphatic heterocycles. The van der Waals surface area contributed by atoms with E-state index in [1.54, 1.807) is 24.3 Å². The van der Waals surface area contributed by atoms with Gasteiger partial charge in [-0.05, 0) is 37.1 Å². The minimum atomic E-state index is -3.39. The van der Waals surface area contributed by atoms with Crippen LogP contribution in [0, 0.1) is 0 Å². The summed E-state index contributed by atoms with van der Waals surface area (Å²) in [5.41, 5.74) is 0.448. The molecule has 0 saturated heterocycles. The molecule has 1 aromatic carbocycles. The summed E-state index contributed by atoms with van der Waals surface area (Å²) in [5.74, 6) is 0.167. The molecule has 2 N–H and O–H groups in total. The van der Waals surface area contributed by atoms with Crippen molar-refractivity contribution in [3.63, 3.8) is 0 Å². The van der Waals surface area contributed by atoms with Crippen LogP contribution in [0.4, 0.5) is 0 Å². The summed E-state index contributed by atoms with van der Waals surface area (Å²) < 4.78 is 31.3. The third-order valence-electron chi connectivity index (χ3n) is 2.37. The van der Waals surface area contributed by atoms with Crippen molar-refractivity contribution in [3.05, 3.63) is 29.8 Å². The molecule has 0 saturated carbocycles. The lowest BCUT2D eigenvalue weighted by Gasteiger charge is -2.06. The lowest BCUT2D eigenvalue weighted by molar-refractivity contribution is 0.0600. The lowest BCUT2D eigenvalue weighted by Crippen LogP contribution is -2.16. The Balaban J connectivity index is 2.32. The Hall–Kier alpha value is -1.60. The molecule has 6 nitrogen and oxygen atoms in total. The lowest BCUT2D eigenvalue weighted by atomic mass is 10.2. The molecule has 7 heteroatoms. The second-order valence-corrected chi connectivity index (χ2v) is 5.67. The maximum Gasteiger partial charge on any atom is 0.337 e. The normalized spacial score (nSPS) is 11.1. The predicted molar refractivity (Wildman–Crippen MR) is 70.5 cm³/mol. The second-order valence-electron chi connectivity index (χ2n) is 3.94. The number of benzene rings is 1. The van der Waals surface area contributed by atoms with Crippen LogP contribution in [0.25, 0.3) is 0 Å². The first-order chi connectivity index (χ1) is 8.92. The number of primary sulfonamides is 1. The van der Waals surface area contributed by atoms with E-state index in [4.69, 9.17) is 9.88 Å². The van der Waals surface area contributed by atoms with Crippen molar-refractivity contribution in [2.45, 2.75) is 12.8 Å². The number of hydrogen-bond acceptors (Lipinski definition) is 5. The molecule has 0 spiro atoms. The van der Waals surface area contributed by atoms with Crippen molar-refractivity contribution in [2.75, 3.05) is 19.5 Å². The van der Waals surface area contributed by atoms with E-state index in [1.165, 1.54) is 7.11 Å². The van der Waals surface area contributed by atoms with E-state index in [-0.39, 0.29) is 5.75 Å². The summed E-state index contributed by atoms with van der Waals surface area (Å²) in [6.45, 7) is 0.396. The Kier molecular flexibility index (Phi) is 5.78. The van der Waals surface area contributed by atoms with Gasteiger partial charge in [-0.25, -0.2) is 18.4 Å². The van der Waals surface area contributed by atoms with Crippen molar-refractivity contribution < 1.29 is 22.7 Å². The third kappa shape index (κ3) is 6.21. The van der Waals surface area contributed by atoms with Gasteiger partial charge in [0.2, 0.25) is 10.0 Å². The molecule has 0 radical (unpaired) electrons. The summed E-state index contributed by atoms with van der Waals surface area (Å²) in [7, 11) is -2.08. The van der Waals surface area contributed by atoms with E-state index in [2.05, 4.69) is 4.74 Å². The number of sulfonamides is 1. The molecule has 0 atom stereocenters. The van der Waals surface area contributed by atoms with Crippen LogP contribution in [-0.4, -0.2) is 33.9 Å². The molecule has 0 heterocycles.